The van der Waals surface area contributed by atoms with Gasteiger partial charge < -0.3 is 30.0 Å². The monoisotopic (exact) mass is 454 g/mol. The van der Waals surface area contributed by atoms with Crippen LogP contribution in [-0.4, -0.2) is 33.8 Å². The van der Waals surface area contributed by atoms with E-state index in [2.05, 4.69) is 5.32 Å². The Balaban J connectivity index is 2.02. The lowest BCUT2D eigenvalue weighted by Crippen LogP contribution is -2.15. The third-order valence-corrected chi connectivity index (χ3v) is 4.97. The molecule has 7 nitrogen and oxygen atoms in total. The van der Waals surface area contributed by atoms with Gasteiger partial charge in [0.1, 0.15) is 11.6 Å². The Morgan fingerprint density at radius 3 is 2.18 bits per heavy atom. The Morgan fingerprint density at radius 1 is 0.939 bits per heavy atom. The molecular formula is C25H27FN2O5. The van der Waals surface area contributed by atoms with Crippen LogP contribution in [-0.2, 0) is 6.42 Å². The van der Waals surface area contributed by atoms with Crippen LogP contribution in [0.1, 0.15) is 21.5 Å². The fourth-order valence-corrected chi connectivity index (χ4v) is 3.35. The van der Waals surface area contributed by atoms with Gasteiger partial charge in [0.2, 0.25) is 11.5 Å². The van der Waals surface area contributed by atoms with Gasteiger partial charge >= 0.3 is 0 Å². The summed E-state index contributed by atoms with van der Waals surface area (Å²) in [4.78, 5) is 13.1. The van der Waals surface area contributed by atoms with Crippen LogP contribution in [0.15, 0.2) is 48.5 Å². The van der Waals surface area contributed by atoms with Crippen molar-refractivity contribution in [2.24, 2.45) is 5.73 Å². The predicted octanol–water partition coefficient (Wildman–Crippen LogP) is 4.71. The summed E-state index contributed by atoms with van der Waals surface area (Å²) in [5, 5.41) is 2.57. The Bertz CT molecular complexity index is 1130. The Kier molecular flexibility index (Phi) is 7.74. The number of hydrogen-bond acceptors (Lipinski definition) is 6. The highest BCUT2D eigenvalue weighted by Crippen LogP contribution is 2.48. The van der Waals surface area contributed by atoms with E-state index in [0.717, 1.165) is 17.5 Å². The molecule has 0 bridgehead atoms. The van der Waals surface area contributed by atoms with Crippen molar-refractivity contribution in [2.45, 2.75) is 13.3 Å². The minimum atomic E-state index is -0.598. The van der Waals surface area contributed by atoms with Crippen LogP contribution >= 0.6 is 0 Å². The zero-order chi connectivity index (χ0) is 24.0. The molecule has 0 spiro atoms. The predicted molar refractivity (Wildman–Crippen MR) is 124 cm³/mol. The maximum Gasteiger partial charge on any atom is 0.259 e. The number of ether oxygens (including phenoxy) is 4. The van der Waals surface area contributed by atoms with Crippen LogP contribution in [0.3, 0.4) is 0 Å². The molecule has 0 fully saturated rings. The van der Waals surface area contributed by atoms with Crippen LogP contribution in [0, 0.1) is 12.7 Å². The van der Waals surface area contributed by atoms with Gasteiger partial charge in [0.05, 0.1) is 32.6 Å². The van der Waals surface area contributed by atoms with Crippen LogP contribution in [0.4, 0.5) is 10.1 Å². The zero-order valence-corrected chi connectivity index (χ0v) is 19.0. The number of nitrogens with two attached hydrogens (primary N) is 1. The molecule has 3 N–H and O–H groups in total. The number of benzene rings is 3. The summed E-state index contributed by atoms with van der Waals surface area (Å²) in [6, 6.07) is 13.4. The SMILES string of the molecule is COc1c(Oc2ccc(CCN)cc2)cc(C(=O)Nc2ccc(C)cc2F)c(OC)c1OC. The normalized spacial score (nSPS) is 10.5. The topological polar surface area (TPSA) is 92.0 Å². The largest absolute Gasteiger partial charge is 0.492 e. The Labute approximate surface area is 192 Å². The number of carbonyl (C=O) groups is 1. The Hall–Kier alpha value is -3.78. The lowest BCUT2D eigenvalue weighted by atomic mass is 10.1. The first kappa shape index (κ1) is 23.9. The zero-order valence-electron chi connectivity index (χ0n) is 19.0. The second kappa shape index (κ2) is 10.7. The second-order valence-electron chi connectivity index (χ2n) is 7.24. The molecule has 8 heteroatoms. The quantitative estimate of drug-likeness (QED) is 0.487. The maximum atomic E-state index is 14.3. The van der Waals surface area contributed by atoms with E-state index in [1.807, 2.05) is 12.1 Å². The van der Waals surface area contributed by atoms with Gasteiger partial charge in [0, 0.05) is 6.07 Å². The number of rotatable bonds is 9. The van der Waals surface area contributed by atoms with Gasteiger partial charge in [-0.2, -0.15) is 0 Å². The van der Waals surface area contributed by atoms with E-state index in [1.54, 1.807) is 25.1 Å². The van der Waals surface area contributed by atoms with Crippen LogP contribution < -0.4 is 30.0 Å². The summed E-state index contributed by atoms with van der Waals surface area (Å²) in [6.07, 6.45) is 0.750. The molecule has 1 amide bonds. The third-order valence-electron chi connectivity index (χ3n) is 4.97. The van der Waals surface area contributed by atoms with Gasteiger partial charge in [-0.3, -0.25) is 4.79 Å². The summed E-state index contributed by atoms with van der Waals surface area (Å²) in [5.41, 5.74) is 7.54. The van der Waals surface area contributed by atoms with Crippen molar-refractivity contribution in [3.8, 4) is 28.7 Å². The summed E-state index contributed by atoms with van der Waals surface area (Å²) < 4.78 is 36.7. The molecular weight excluding hydrogens is 427 g/mol. The summed E-state index contributed by atoms with van der Waals surface area (Å²) in [6.45, 7) is 2.31. The summed E-state index contributed by atoms with van der Waals surface area (Å²) >= 11 is 0. The van der Waals surface area contributed by atoms with Gasteiger partial charge in [0.15, 0.2) is 11.5 Å². The maximum absolute atomic E-state index is 14.3. The first-order valence-electron chi connectivity index (χ1n) is 10.3. The lowest BCUT2D eigenvalue weighted by molar-refractivity contribution is 0.102. The van der Waals surface area contributed by atoms with Crippen molar-refractivity contribution in [2.75, 3.05) is 33.2 Å². The molecule has 3 aromatic carbocycles. The van der Waals surface area contributed by atoms with E-state index >= 15 is 0 Å². The highest BCUT2D eigenvalue weighted by atomic mass is 19.1. The van der Waals surface area contributed by atoms with Gasteiger partial charge in [0.25, 0.3) is 5.91 Å². The van der Waals surface area contributed by atoms with Crippen molar-refractivity contribution in [3.63, 3.8) is 0 Å². The molecule has 0 heterocycles. The highest BCUT2D eigenvalue weighted by Gasteiger charge is 2.26. The third kappa shape index (κ3) is 5.35. The van der Waals surface area contributed by atoms with Crippen LogP contribution in [0.2, 0.25) is 0 Å². The molecule has 3 aromatic rings. The molecule has 33 heavy (non-hydrogen) atoms. The highest BCUT2D eigenvalue weighted by molar-refractivity contribution is 6.07. The minimum Gasteiger partial charge on any atom is -0.492 e. The van der Waals surface area contributed by atoms with Crippen molar-refractivity contribution in [1.29, 1.82) is 0 Å². The molecule has 0 radical (unpaired) electrons. The fourth-order valence-electron chi connectivity index (χ4n) is 3.35. The van der Waals surface area contributed by atoms with Crippen LogP contribution in [0.25, 0.3) is 0 Å². The van der Waals surface area contributed by atoms with Gasteiger partial charge in [-0.25, -0.2) is 4.39 Å². The molecule has 174 valence electrons. The lowest BCUT2D eigenvalue weighted by Gasteiger charge is -2.19. The average molecular weight is 454 g/mol. The number of amides is 1. The van der Waals surface area contributed by atoms with E-state index in [1.165, 1.54) is 39.5 Å². The van der Waals surface area contributed by atoms with Crippen LogP contribution in [0.5, 0.6) is 28.7 Å². The number of carbonyl (C=O) groups excluding carboxylic acids is 1. The van der Waals surface area contributed by atoms with Crippen molar-refractivity contribution < 1.29 is 28.1 Å². The molecule has 0 unspecified atom stereocenters. The molecule has 0 aliphatic carbocycles. The van der Waals surface area contributed by atoms with Crippen molar-refractivity contribution >= 4 is 11.6 Å². The first-order chi connectivity index (χ1) is 15.9. The summed E-state index contributed by atoms with van der Waals surface area (Å²) in [7, 11) is 4.28. The standard InChI is InChI=1S/C25H27FN2O5/c1-15-5-10-20(19(26)13-15)28-25(29)18-14-21(23(31-3)24(32-4)22(18)30-2)33-17-8-6-16(7-9-17)11-12-27/h5-10,13-14H,11-12,27H2,1-4H3,(H,28,29). The number of anilines is 1. The van der Waals surface area contributed by atoms with E-state index in [0.29, 0.717) is 12.3 Å². The minimum absolute atomic E-state index is 0.0420. The smallest absolute Gasteiger partial charge is 0.259 e. The van der Waals surface area contributed by atoms with Crippen molar-refractivity contribution in [3.05, 3.63) is 71.0 Å². The number of aryl methyl sites for hydroxylation is 1. The number of nitrogens with one attached hydrogen (secondary N) is 1. The van der Waals surface area contributed by atoms with Gasteiger partial charge in [-0.15, -0.1) is 0 Å². The molecule has 0 atom stereocenters. The van der Waals surface area contributed by atoms with Gasteiger partial charge in [-0.05, 0) is 55.3 Å². The van der Waals surface area contributed by atoms with E-state index in [4.69, 9.17) is 24.7 Å². The average Bonchev–Trinajstić information content (AvgIpc) is 2.81. The molecule has 0 saturated heterocycles. The molecule has 0 aliphatic heterocycles. The first-order valence-corrected chi connectivity index (χ1v) is 10.3. The molecule has 0 aromatic heterocycles. The van der Waals surface area contributed by atoms with E-state index in [9.17, 15) is 9.18 Å². The molecule has 0 aliphatic rings. The Morgan fingerprint density at radius 2 is 1.61 bits per heavy atom. The van der Waals surface area contributed by atoms with E-state index < -0.39 is 11.7 Å². The number of halogens is 1. The molecule has 0 saturated carbocycles. The van der Waals surface area contributed by atoms with E-state index in [-0.39, 0.29) is 34.2 Å². The van der Waals surface area contributed by atoms with Gasteiger partial charge in [-0.1, -0.05) is 18.2 Å². The fraction of sp³-hybridized carbons (Fsp3) is 0.240. The summed E-state index contributed by atoms with van der Waals surface area (Å²) in [5.74, 6) is 0.166. The second-order valence-corrected chi connectivity index (χ2v) is 7.24. The van der Waals surface area contributed by atoms with Crippen molar-refractivity contribution in [1.82, 2.24) is 0 Å². The number of hydrogen-bond donors (Lipinski definition) is 2. The number of methoxy groups -OCH3 is 3. The molecule has 3 rings (SSSR count).